The topological polar surface area (TPSA) is 69.6 Å². The number of benzene rings is 1. The van der Waals surface area contributed by atoms with E-state index in [1.54, 1.807) is 0 Å². The molecule has 0 amide bonds. The number of nitrogens with one attached hydrogen (secondary N) is 1. The smallest absolute Gasteiger partial charge is 0.325 e. The van der Waals surface area contributed by atoms with Crippen LogP contribution in [0.5, 0.6) is 5.75 Å². The van der Waals surface area contributed by atoms with Crippen molar-refractivity contribution in [3.63, 3.8) is 0 Å². The molecule has 1 unspecified atom stereocenters. The number of halogens is 1. The van der Waals surface area contributed by atoms with Gasteiger partial charge in [0.1, 0.15) is 17.6 Å². The minimum absolute atomic E-state index is 0.0689. The van der Waals surface area contributed by atoms with E-state index in [9.17, 15) is 14.3 Å². The summed E-state index contributed by atoms with van der Waals surface area (Å²) >= 11 is 0. The number of aliphatic carboxylic acids is 1. The first-order valence-electron chi connectivity index (χ1n) is 5.05. The predicted octanol–water partition coefficient (Wildman–Crippen LogP) is 1.41. The first-order chi connectivity index (χ1) is 7.58. The Kier molecular flexibility index (Phi) is 2.78. The second-order valence-electron chi connectivity index (χ2n) is 3.92. The van der Waals surface area contributed by atoms with Gasteiger partial charge in [-0.3, -0.25) is 10.1 Å². The van der Waals surface area contributed by atoms with Gasteiger partial charge in [-0.2, -0.15) is 0 Å². The molecule has 1 aromatic rings. The summed E-state index contributed by atoms with van der Waals surface area (Å²) in [7, 11) is 0. The van der Waals surface area contributed by atoms with Crippen LogP contribution in [0.15, 0.2) is 18.2 Å². The van der Waals surface area contributed by atoms with Crippen molar-refractivity contribution in [2.24, 2.45) is 0 Å². The van der Waals surface area contributed by atoms with E-state index in [1.807, 2.05) is 0 Å². The number of hydrogen-bond acceptors (Lipinski definition) is 3. The lowest BCUT2D eigenvalue weighted by Crippen LogP contribution is -2.30. The van der Waals surface area contributed by atoms with E-state index in [4.69, 9.17) is 5.11 Å². The molecule has 4 nitrogen and oxygen atoms in total. The van der Waals surface area contributed by atoms with Crippen molar-refractivity contribution in [2.45, 2.75) is 24.9 Å². The predicted molar refractivity (Wildman–Crippen MR) is 54.6 cm³/mol. The molecule has 1 aromatic carbocycles. The highest BCUT2D eigenvalue weighted by Gasteiger charge is 2.30. The fourth-order valence-electron chi connectivity index (χ4n) is 1.54. The van der Waals surface area contributed by atoms with Crippen LogP contribution in [0.2, 0.25) is 0 Å². The van der Waals surface area contributed by atoms with E-state index in [1.165, 1.54) is 0 Å². The molecule has 0 heterocycles. The second kappa shape index (κ2) is 4.09. The zero-order chi connectivity index (χ0) is 11.7. The molecule has 0 radical (unpaired) electrons. The number of rotatable bonds is 4. The third-order valence-corrected chi connectivity index (χ3v) is 2.53. The van der Waals surface area contributed by atoms with Gasteiger partial charge in [-0.25, -0.2) is 4.39 Å². The van der Waals surface area contributed by atoms with Crippen molar-refractivity contribution in [3.05, 3.63) is 29.6 Å². The number of carboxylic acids is 1. The summed E-state index contributed by atoms with van der Waals surface area (Å²) in [5, 5.41) is 21.4. The van der Waals surface area contributed by atoms with Crippen molar-refractivity contribution in [1.82, 2.24) is 5.32 Å². The first-order valence-corrected chi connectivity index (χ1v) is 5.05. The second-order valence-corrected chi connectivity index (χ2v) is 3.92. The van der Waals surface area contributed by atoms with Crippen LogP contribution < -0.4 is 5.32 Å². The molecule has 5 heteroatoms. The molecule has 1 saturated carbocycles. The van der Waals surface area contributed by atoms with Gasteiger partial charge in [0.05, 0.1) is 0 Å². The minimum Gasteiger partial charge on any atom is -0.508 e. The summed E-state index contributed by atoms with van der Waals surface area (Å²) in [5.74, 6) is -1.88. The average molecular weight is 225 g/mol. The monoisotopic (exact) mass is 225 g/mol. The molecule has 0 bridgehead atoms. The van der Waals surface area contributed by atoms with E-state index >= 15 is 0 Å². The Labute approximate surface area is 91.7 Å². The van der Waals surface area contributed by atoms with Crippen molar-refractivity contribution >= 4 is 5.97 Å². The van der Waals surface area contributed by atoms with E-state index in [0.717, 1.165) is 31.0 Å². The molecule has 0 spiro atoms. The van der Waals surface area contributed by atoms with Crippen LogP contribution in [0.1, 0.15) is 24.4 Å². The van der Waals surface area contributed by atoms with E-state index in [2.05, 4.69) is 5.32 Å². The molecule has 1 fully saturated rings. The number of hydrogen-bond donors (Lipinski definition) is 3. The number of phenols is 1. The summed E-state index contributed by atoms with van der Waals surface area (Å²) in [5.41, 5.74) is 0.0689. The molecule has 0 aromatic heterocycles. The van der Waals surface area contributed by atoms with Crippen molar-refractivity contribution in [3.8, 4) is 5.75 Å². The van der Waals surface area contributed by atoms with Crippen molar-refractivity contribution in [1.29, 1.82) is 0 Å². The molecule has 0 aliphatic heterocycles. The van der Waals surface area contributed by atoms with Gasteiger partial charge < -0.3 is 10.2 Å². The molecule has 3 N–H and O–H groups in total. The summed E-state index contributed by atoms with van der Waals surface area (Å²) in [6.07, 6.45) is 1.83. The largest absolute Gasteiger partial charge is 0.508 e. The summed E-state index contributed by atoms with van der Waals surface area (Å²) in [6, 6.07) is 2.40. The number of aromatic hydroxyl groups is 1. The maximum Gasteiger partial charge on any atom is 0.325 e. The van der Waals surface area contributed by atoms with Crippen LogP contribution in [-0.4, -0.2) is 22.2 Å². The number of carboxylic acid groups (broad SMARTS) is 1. The molecular weight excluding hydrogens is 213 g/mol. The first kappa shape index (κ1) is 10.9. The molecule has 0 saturated heterocycles. The highest BCUT2D eigenvalue weighted by atomic mass is 19.1. The Morgan fingerprint density at radius 1 is 1.50 bits per heavy atom. The normalized spacial score (nSPS) is 17.1. The lowest BCUT2D eigenvalue weighted by Gasteiger charge is -2.15. The standard InChI is InChI=1S/C11H12FNO3/c12-6-1-4-9(14)8(5-6)10(11(15)16)13-7-2-3-7/h1,4-5,7,10,13-14H,2-3H2,(H,15,16). The van der Waals surface area contributed by atoms with Gasteiger partial charge in [0.2, 0.25) is 0 Å². The maximum absolute atomic E-state index is 13.0. The van der Waals surface area contributed by atoms with E-state index in [-0.39, 0.29) is 17.4 Å². The maximum atomic E-state index is 13.0. The lowest BCUT2D eigenvalue weighted by molar-refractivity contribution is -0.139. The quantitative estimate of drug-likeness (QED) is 0.724. The third-order valence-electron chi connectivity index (χ3n) is 2.53. The number of carbonyl (C=O) groups is 1. The van der Waals surface area contributed by atoms with Gasteiger partial charge in [0, 0.05) is 11.6 Å². The van der Waals surface area contributed by atoms with Gasteiger partial charge in [-0.1, -0.05) is 0 Å². The van der Waals surface area contributed by atoms with Crippen LogP contribution in [0.3, 0.4) is 0 Å². The Bertz CT molecular complexity index is 418. The summed E-state index contributed by atoms with van der Waals surface area (Å²) in [4.78, 5) is 11.0. The molecule has 86 valence electrons. The zero-order valence-electron chi connectivity index (χ0n) is 8.48. The average Bonchev–Trinajstić information content (AvgIpc) is 3.02. The molecule has 1 atom stereocenters. The summed E-state index contributed by atoms with van der Waals surface area (Å²) < 4.78 is 13.0. The SMILES string of the molecule is O=C(O)C(NC1CC1)c1cc(F)ccc1O. The van der Waals surface area contributed by atoms with Crippen molar-refractivity contribution < 1.29 is 19.4 Å². The highest BCUT2D eigenvalue weighted by molar-refractivity contribution is 5.76. The Morgan fingerprint density at radius 3 is 2.75 bits per heavy atom. The minimum atomic E-state index is -1.12. The van der Waals surface area contributed by atoms with Gasteiger partial charge in [0.15, 0.2) is 0 Å². The molecule has 16 heavy (non-hydrogen) atoms. The van der Waals surface area contributed by atoms with Gasteiger partial charge in [0.25, 0.3) is 0 Å². The fourth-order valence-corrected chi connectivity index (χ4v) is 1.54. The van der Waals surface area contributed by atoms with Crippen LogP contribution in [0, 0.1) is 5.82 Å². The fraction of sp³-hybridized carbons (Fsp3) is 0.364. The van der Waals surface area contributed by atoms with Crippen LogP contribution in [0.4, 0.5) is 4.39 Å². The van der Waals surface area contributed by atoms with E-state index < -0.39 is 17.8 Å². The lowest BCUT2D eigenvalue weighted by atomic mass is 10.1. The molecule has 1 aliphatic rings. The van der Waals surface area contributed by atoms with Gasteiger partial charge in [-0.05, 0) is 31.0 Å². The Morgan fingerprint density at radius 2 is 2.19 bits per heavy atom. The van der Waals surface area contributed by atoms with Gasteiger partial charge in [-0.15, -0.1) is 0 Å². The zero-order valence-corrected chi connectivity index (χ0v) is 8.48. The molecule has 1 aliphatic carbocycles. The van der Waals surface area contributed by atoms with E-state index in [0.29, 0.717) is 0 Å². The Hall–Kier alpha value is -1.62. The van der Waals surface area contributed by atoms with Crippen LogP contribution >= 0.6 is 0 Å². The molecular formula is C11H12FNO3. The van der Waals surface area contributed by atoms with Crippen LogP contribution in [-0.2, 0) is 4.79 Å². The van der Waals surface area contributed by atoms with Gasteiger partial charge >= 0.3 is 5.97 Å². The third kappa shape index (κ3) is 2.30. The molecule has 2 rings (SSSR count). The summed E-state index contributed by atoms with van der Waals surface area (Å²) in [6.45, 7) is 0. The van der Waals surface area contributed by atoms with Crippen molar-refractivity contribution in [2.75, 3.05) is 0 Å². The Balaban J connectivity index is 2.29. The van der Waals surface area contributed by atoms with Crippen LogP contribution in [0.25, 0.3) is 0 Å². The highest BCUT2D eigenvalue weighted by Crippen LogP contribution is 2.29. The number of phenolic OH excluding ortho intramolecular Hbond substituents is 1.